The number of hydrogen-bond acceptors (Lipinski definition) is 7. The van der Waals surface area contributed by atoms with Gasteiger partial charge in [0.05, 0.1) is 11.8 Å². The molecule has 212 valence electrons. The zero-order chi connectivity index (χ0) is 28.6. The van der Waals surface area contributed by atoms with Crippen LogP contribution in [-0.2, 0) is 19.1 Å². The molecule has 0 bridgehead atoms. The Labute approximate surface area is 233 Å². The van der Waals surface area contributed by atoms with Gasteiger partial charge in [-0.05, 0) is 76.3 Å². The van der Waals surface area contributed by atoms with Gasteiger partial charge in [0.25, 0.3) is 5.56 Å². The number of piperazine rings is 1. The minimum Gasteiger partial charge on any atom is -0.467 e. The predicted octanol–water partition coefficient (Wildman–Crippen LogP) is 4.65. The van der Waals surface area contributed by atoms with Crippen LogP contribution < -0.4 is 10.5 Å². The molecule has 5 aromatic rings. The minimum atomic E-state index is -4.41. The van der Waals surface area contributed by atoms with E-state index in [1.807, 2.05) is 29.2 Å². The van der Waals surface area contributed by atoms with Crippen molar-refractivity contribution in [3.8, 4) is 0 Å². The lowest BCUT2D eigenvalue weighted by atomic mass is 10.0. The summed E-state index contributed by atoms with van der Waals surface area (Å²) >= 11 is 0. The second-order valence-electron chi connectivity index (χ2n) is 10.1. The lowest BCUT2D eigenvalue weighted by Gasteiger charge is -2.39. The van der Waals surface area contributed by atoms with Crippen molar-refractivity contribution in [3.63, 3.8) is 0 Å². The summed E-state index contributed by atoms with van der Waals surface area (Å²) in [6.45, 7) is 4.22. The van der Waals surface area contributed by atoms with Crippen LogP contribution in [0.4, 0.5) is 18.9 Å². The standard InChI is InChI=1S/C29H28F3N7O2/c1-2-19-8-9-25-20(15-19)16-24(28(40)33-25)26(27-34-35-36-39(27)18-23-7-4-14-41-23)38-12-10-37(11-13-38)22-6-3-5-21(17-22)29(30,31)32/h3-9,14-17,26H,2,10-13,18H2,1H3,(H,33,40)/t26-/m1/s1. The fourth-order valence-corrected chi connectivity index (χ4v) is 5.38. The summed E-state index contributed by atoms with van der Waals surface area (Å²) in [5, 5.41) is 13.4. The molecule has 0 spiro atoms. The van der Waals surface area contributed by atoms with Gasteiger partial charge in [0, 0.05) is 42.9 Å². The van der Waals surface area contributed by atoms with Crippen LogP contribution >= 0.6 is 0 Å². The molecule has 0 unspecified atom stereocenters. The lowest BCUT2D eigenvalue weighted by Crippen LogP contribution is -2.49. The highest BCUT2D eigenvalue weighted by Crippen LogP contribution is 2.33. The maximum atomic E-state index is 13.5. The minimum absolute atomic E-state index is 0.250. The van der Waals surface area contributed by atoms with Gasteiger partial charge in [-0.15, -0.1) is 5.10 Å². The van der Waals surface area contributed by atoms with Crippen LogP contribution in [0.5, 0.6) is 0 Å². The Morgan fingerprint density at radius 2 is 1.85 bits per heavy atom. The van der Waals surface area contributed by atoms with E-state index in [0.717, 1.165) is 29.0 Å². The second-order valence-corrected chi connectivity index (χ2v) is 10.1. The van der Waals surface area contributed by atoms with E-state index in [2.05, 4.69) is 38.4 Å². The molecular weight excluding hydrogens is 535 g/mol. The molecule has 0 saturated carbocycles. The first-order chi connectivity index (χ1) is 19.8. The summed E-state index contributed by atoms with van der Waals surface area (Å²) in [6.07, 6.45) is -1.99. The van der Waals surface area contributed by atoms with E-state index in [1.165, 1.54) is 12.1 Å². The van der Waals surface area contributed by atoms with Gasteiger partial charge in [0.15, 0.2) is 5.82 Å². The Bertz CT molecular complexity index is 1700. The number of aromatic nitrogens is 5. The first kappa shape index (κ1) is 26.8. The molecule has 1 atom stereocenters. The average molecular weight is 564 g/mol. The quantitative estimate of drug-likeness (QED) is 0.308. The largest absolute Gasteiger partial charge is 0.467 e. The lowest BCUT2D eigenvalue weighted by molar-refractivity contribution is -0.137. The number of rotatable bonds is 7. The van der Waals surface area contributed by atoms with Crippen molar-refractivity contribution in [1.29, 1.82) is 0 Å². The maximum Gasteiger partial charge on any atom is 0.416 e. The normalized spacial score (nSPS) is 15.5. The fraction of sp³-hybridized carbons (Fsp3) is 0.310. The number of nitrogens with zero attached hydrogens (tertiary/aromatic N) is 6. The number of fused-ring (bicyclic) bond motifs is 1. The molecule has 0 aliphatic carbocycles. The third-order valence-electron chi connectivity index (χ3n) is 7.55. The number of halogens is 3. The van der Waals surface area contributed by atoms with E-state index < -0.39 is 17.8 Å². The number of aromatic amines is 1. The van der Waals surface area contributed by atoms with Crippen molar-refractivity contribution in [2.24, 2.45) is 0 Å². The van der Waals surface area contributed by atoms with Gasteiger partial charge in [0.2, 0.25) is 0 Å². The summed E-state index contributed by atoms with van der Waals surface area (Å²) in [4.78, 5) is 20.6. The molecule has 0 amide bonds. The molecule has 0 radical (unpaired) electrons. The van der Waals surface area contributed by atoms with E-state index in [4.69, 9.17) is 4.42 Å². The molecule has 9 nitrogen and oxygen atoms in total. The number of furan rings is 1. The zero-order valence-electron chi connectivity index (χ0n) is 22.3. The Hall–Kier alpha value is -4.45. The van der Waals surface area contributed by atoms with Crippen molar-refractivity contribution in [1.82, 2.24) is 30.1 Å². The number of nitrogens with one attached hydrogen (secondary N) is 1. The third-order valence-corrected chi connectivity index (χ3v) is 7.55. The van der Waals surface area contributed by atoms with Gasteiger partial charge < -0.3 is 14.3 Å². The highest BCUT2D eigenvalue weighted by Gasteiger charge is 2.34. The number of tetrazole rings is 1. The monoisotopic (exact) mass is 563 g/mol. The third kappa shape index (κ3) is 5.47. The average Bonchev–Trinajstić information content (AvgIpc) is 3.66. The van der Waals surface area contributed by atoms with Gasteiger partial charge in [0.1, 0.15) is 18.3 Å². The topological polar surface area (TPSA) is 96.1 Å². The van der Waals surface area contributed by atoms with Gasteiger partial charge in [-0.3, -0.25) is 9.69 Å². The van der Waals surface area contributed by atoms with Gasteiger partial charge >= 0.3 is 6.18 Å². The van der Waals surface area contributed by atoms with Crippen LogP contribution in [-0.4, -0.2) is 56.3 Å². The number of anilines is 1. The second kappa shape index (κ2) is 10.8. The zero-order valence-corrected chi connectivity index (χ0v) is 22.3. The Morgan fingerprint density at radius 1 is 1.02 bits per heavy atom. The van der Waals surface area contributed by atoms with Crippen molar-refractivity contribution in [2.45, 2.75) is 32.1 Å². The molecule has 12 heteroatoms. The van der Waals surface area contributed by atoms with Crippen LogP contribution in [0.25, 0.3) is 10.9 Å². The summed E-state index contributed by atoms with van der Waals surface area (Å²) in [5.41, 5.74) is 1.95. The first-order valence-electron chi connectivity index (χ1n) is 13.4. The summed E-state index contributed by atoms with van der Waals surface area (Å²) < 4.78 is 47.1. The van der Waals surface area contributed by atoms with E-state index >= 15 is 0 Å². The van der Waals surface area contributed by atoms with Crippen molar-refractivity contribution in [3.05, 3.63) is 106 Å². The van der Waals surface area contributed by atoms with E-state index in [-0.39, 0.29) is 12.1 Å². The van der Waals surface area contributed by atoms with Crippen LogP contribution in [0.1, 0.15) is 41.2 Å². The molecule has 1 aliphatic heterocycles. The van der Waals surface area contributed by atoms with Crippen molar-refractivity contribution in [2.75, 3.05) is 31.1 Å². The van der Waals surface area contributed by atoms with E-state index in [9.17, 15) is 18.0 Å². The van der Waals surface area contributed by atoms with Crippen molar-refractivity contribution < 1.29 is 17.6 Å². The number of aryl methyl sites for hydroxylation is 1. The Kier molecular flexibility index (Phi) is 7.08. The van der Waals surface area contributed by atoms with Crippen LogP contribution in [0.15, 0.2) is 76.1 Å². The van der Waals surface area contributed by atoms with Crippen LogP contribution in [0.3, 0.4) is 0 Å². The maximum absolute atomic E-state index is 13.5. The number of H-pyrrole nitrogens is 1. The summed E-state index contributed by atoms with van der Waals surface area (Å²) in [5.74, 6) is 1.14. The molecule has 1 saturated heterocycles. The van der Waals surface area contributed by atoms with E-state index in [1.54, 1.807) is 23.1 Å². The van der Waals surface area contributed by atoms with E-state index in [0.29, 0.717) is 49.0 Å². The molecule has 41 heavy (non-hydrogen) atoms. The molecular formula is C29H28F3N7O2. The molecule has 1 aliphatic rings. The highest BCUT2D eigenvalue weighted by atomic mass is 19.4. The molecule has 2 aromatic carbocycles. The summed E-state index contributed by atoms with van der Waals surface area (Å²) in [7, 11) is 0. The van der Waals surface area contributed by atoms with Gasteiger partial charge in [-0.2, -0.15) is 13.2 Å². The number of benzene rings is 2. The molecule has 1 fully saturated rings. The highest BCUT2D eigenvalue weighted by molar-refractivity contribution is 5.80. The smallest absolute Gasteiger partial charge is 0.416 e. The predicted molar refractivity (Wildman–Crippen MR) is 147 cm³/mol. The molecule has 4 heterocycles. The van der Waals surface area contributed by atoms with Crippen LogP contribution in [0, 0.1) is 0 Å². The molecule has 1 N–H and O–H groups in total. The number of alkyl halides is 3. The fourth-order valence-electron chi connectivity index (χ4n) is 5.38. The SMILES string of the molecule is CCc1ccc2[nH]c(=O)c([C@H](c3nnnn3Cc3ccco3)N3CCN(c4cccc(C(F)(F)F)c4)CC3)cc2c1. The first-order valence-corrected chi connectivity index (χ1v) is 13.4. The number of pyridine rings is 1. The van der Waals surface area contributed by atoms with Gasteiger partial charge in [-0.1, -0.05) is 19.1 Å². The number of hydrogen-bond donors (Lipinski definition) is 1. The molecule has 3 aromatic heterocycles. The molecule has 6 rings (SSSR count). The Morgan fingerprint density at radius 3 is 2.59 bits per heavy atom. The van der Waals surface area contributed by atoms with Gasteiger partial charge in [-0.25, -0.2) is 4.68 Å². The van der Waals surface area contributed by atoms with Crippen LogP contribution in [0.2, 0.25) is 0 Å². The van der Waals surface area contributed by atoms with Crippen molar-refractivity contribution >= 4 is 16.6 Å². The Balaban J connectivity index is 1.36. The summed E-state index contributed by atoms with van der Waals surface area (Å²) in [6, 6.07) is 16.2.